The van der Waals surface area contributed by atoms with Crippen LogP contribution in [0.15, 0.2) is 158 Å². The zero-order valence-electron chi connectivity index (χ0n) is 39.6. The summed E-state index contributed by atoms with van der Waals surface area (Å²) in [4.78, 5) is 62.9. The Kier molecular flexibility index (Phi) is 16.9. The number of carbonyl (C=O) groups is 5. The highest BCUT2D eigenvalue weighted by Crippen LogP contribution is 2.37. The molecular weight excluding hydrogens is 925 g/mol. The number of ether oxygens (including phenoxy) is 8. The monoisotopic (exact) mass is 978 g/mol. The highest BCUT2D eigenvalue weighted by atomic mass is 32.2. The lowest BCUT2D eigenvalue weighted by Crippen LogP contribution is -2.60. The van der Waals surface area contributed by atoms with E-state index in [9.17, 15) is 24.0 Å². The molecule has 1 fully saturated rings. The Balaban J connectivity index is 0.867. The Labute approximate surface area is 416 Å². The third-order valence-electron chi connectivity index (χ3n) is 12.2. The summed E-state index contributed by atoms with van der Waals surface area (Å²) in [5, 5.41) is 0. The summed E-state index contributed by atoms with van der Waals surface area (Å²) in [6.45, 7) is 6.83. The van der Waals surface area contributed by atoms with Crippen molar-refractivity contribution < 1.29 is 61.9 Å². The molecule has 6 aromatic carbocycles. The van der Waals surface area contributed by atoms with Crippen LogP contribution in [-0.4, -0.2) is 72.1 Å². The zero-order chi connectivity index (χ0) is 49.7. The van der Waals surface area contributed by atoms with Crippen LogP contribution in [0.25, 0.3) is 0 Å². The molecule has 366 valence electrons. The molecule has 8 rings (SSSR count). The number of hydrogen-bond acceptors (Lipinski definition) is 14. The van der Waals surface area contributed by atoms with Gasteiger partial charge in [0.25, 0.3) is 0 Å². The molecule has 2 aliphatic heterocycles. The van der Waals surface area contributed by atoms with Crippen molar-refractivity contribution in [3.8, 4) is 11.5 Å². The molecule has 0 aromatic heterocycles. The van der Waals surface area contributed by atoms with E-state index in [1.54, 1.807) is 36.0 Å². The summed E-state index contributed by atoms with van der Waals surface area (Å²) in [7, 11) is 0. The van der Waals surface area contributed by atoms with Crippen molar-refractivity contribution in [3.63, 3.8) is 0 Å². The molecule has 0 N–H and O–H groups in total. The molecule has 5 atom stereocenters. The molecule has 2 aliphatic rings. The molecule has 71 heavy (non-hydrogen) atoms. The van der Waals surface area contributed by atoms with Gasteiger partial charge in [0.2, 0.25) is 0 Å². The van der Waals surface area contributed by atoms with Gasteiger partial charge >= 0.3 is 29.8 Å². The van der Waals surface area contributed by atoms with E-state index in [1.807, 2.05) is 136 Å². The molecule has 0 aliphatic carbocycles. The predicted octanol–water partition coefficient (Wildman–Crippen LogP) is 10.0. The number of rotatable bonds is 21. The number of fused-ring (bicyclic) bond motifs is 1. The largest absolute Gasteiger partial charge is 0.463 e. The summed E-state index contributed by atoms with van der Waals surface area (Å²) in [5.74, 6) is -2.12. The number of benzene rings is 6. The minimum atomic E-state index is -0.808. The number of carbonyl (C=O) groups excluding carboxylic acids is 5. The summed E-state index contributed by atoms with van der Waals surface area (Å²) >= 11 is 1.58. The van der Waals surface area contributed by atoms with Crippen LogP contribution < -0.4 is 9.47 Å². The van der Waals surface area contributed by atoms with Gasteiger partial charge in [0, 0.05) is 5.41 Å². The highest BCUT2D eigenvalue weighted by Gasteiger charge is 2.49. The molecule has 0 spiro atoms. The Bertz CT molecular complexity index is 2770. The van der Waals surface area contributed by atoms with E-state index in [1.165, 1.54) is 18.2 Å². The number of cyclic esters (lactones) is 2. The van der Waals surface area contributed by atoms with Gasteiger partial charge in [0.15, 0.2) is 0 Å². The van der Waals surface area contributed by atoms with Crippen molar-refractivity contribution in [2.24, 2.45) is 0 Å². The Morgan fingerprint density at radius 2 is 1.06 bits per heavy atom. The fourth-order valence-corrected chi connectivity index (χ4v) is 9.21. The van der Waals surface area contributed by atoms with Crippen LogP contribution in [0, 0.1) is 0 Å². The Morgan fingerprint density at radius 1 is 0.563 bits per heavy atom. The molecule has 0 saturated carbocycles. The van der Waals surface area contributed by atoms with Crippen LogP contribution in [0.5, 0.6) is 11.5 Å². The smallest absolute Gasteiger partial charge is 0.346 e. The van der Waals surface area contributed by atoms with Gasteiger partial charge in [-0.25, -0.2) is 14.4 Å². The third-order valence-corrected chi connectivity index (χ3v) is 13.2. The second kappa shape index (κ2) is 23.8. The average Bonchev–Trinajstić information content (AvgIpc) is 3.68. The minimum Gasteiger partial charge on any atom is -0.463 e. The normalized spacial score (nSPS) is 18.5. The fourth-order valence-electron chi connectivity index (χ4n) is 8.24. The van der Waals surface area contributed by atoms with Gasteiger partial charge < -0.3 is 37.9 Å². The first-order chi connectivity index (χ1) is 34.4. The lowest BCUT2D eigenvalue weighted by molar-refractivity contribution is -0.253. The van der Waals surface area contributed by atoms with E-state index in [4.69, 9.17) is 33.2 Å². The van der Waals surface area contributed by atoms with Gasteiger partial charge in [0.1, 0.15) is 48.0 Å². The van der Waals surface area contributed by atoms with Crippen LogP contribution in [0.4, 0.5) is 0 Å². The number of thioether (sulfide) groups is 1. The third kappa shape index (κ3) is 13.1. The second-order valence-corrected chi connectivity index (χ2v) is 18.8. The lowest BCUT2D eigenvalue weighted by Gasteiger charge is -2.45. The second-order valence-electron chi connectivity index (χ2n) is 17.4. The van der Waals surface area contributed by atoms with Gasteiger partial charge in [-0.1, -0.05) is 136 Å². The van der Waals surface area contributed by atoms with Crippen LogP contribution in [0.2, 0.25) is 0 Å². The van der Waals surface area contributed by atoms with Crippen molar-refractivity contribution in [1.82, 2.24) is 0 Å². The van der Waals surface area contributed by atoms with Gasteiger partial charge in [0.05, 0.1) is 49.4 Å². The molecular formula is C57H54O13S. The molecule has 14 heteroatoms. The molecule has 0 radical (unpaired) electrons. The first-order valence-corrected chi connectivity index (χ1v) is 24.4. The van der Waals surface area contributed by atoms with E-state index >= 15 is 0 Å². The topological polar surface area (TPSA) is 159 Å². The molecule has 1 saturated heterocycles. The first-order valence-electron chi connectivity index (χ1n) is 23.4. The van der Waals surface area contributed by atoms with Crippen LogP contribution in [0.1, 0.15) is 92.5 Å². The van der Waals surface area contributed by atoms with Crippen molar-refractivity contribution >= 4 is 41.6 Å². The van der Waals surface area contributed by atoms with E-state index in [0.717, 1.165) is 33.6 Å². The standard InChI is InChI=1S/C57H54O13S/c1-4-71-56-52(66-35-39-18-12-7-13-19-39)51(65-34-38-16-10-6-11-17-38)50(64-33-37-14-8-5-9-15-37)47(69-56)36-63-48(58)30-31-49(59)67-43-25-21-41(22-26-43)57(2,3)42-23-27-44(28-24-42)68-53(60)40-20-29-45-46(32-40)55(62)70-54(45)61/h5-29,32,47,50-52,56H,4,30-31,33-36H2,1-3H3/t47-,50-,51+,52-,56+/m1/s1. The zero-order valence-corrected chi connectivity index (χ0v) is 40.4. The van der Waals surface area contributed by atoms with Gasteiger partial charge in [-0.3, -0.25) is 9.59 Å². The van der Waals surface area contributed by atoms with E-state index in [0.29, 0.717) is 19.0 Å². The molecule has 0 amide bonds. The molecule has 2 heterocycles. The Hall–Kier alpha value is -6.94. The van der Waals surface area contributed by atoms with Gasteiger partial charge in [-0.05, 0) is 76.0 Å². The summed E-state index contributed by atoms with van der Waals surface area (Å²) in [6.07, 6.45) is -3.02. The Morgan fingerprint density at radius 3 is 1.61 bits per heavy atom. The molecule has 6 aromatic rings. The molecule has 0 bridgehead atoms. The highest BCUT2D eigenvalue weighted by molar-refractivity contribution is 7.99. The van der Waals surface area contributed by atoms with Crippen LogP contribution >= 0.6 is 11.8 Å². The summed E-state index contributed by atoms with van der Waals surface area (Å²) < 4.78 is 48.3. The lowest BCUT2D eigenvalue weighted by atomic mass is 9.78. The molecule has 13 nitrogen and oxygen atoms in total. The predicted molar refractivity (Wildman–Crippen MR) is 264 cm³/mol. The van der Waals surface area contributed by atoms with Crippen molar-refractivity contribution in [2.75, 3.05) is 12.4 Å². The maximum atomic E-state index is 13.3. The number of hydrogen-bond donors (Lipinski definition) is 0. The van der Waals surface area contributed by atoms with Gasteiger partial charge in [-0.15, -0.1) is 11.8 Å². The summed E-state index contributed by atoms with van der Waals surface area (Å²) in [5.41, 5.74) is 4.01. The summed E-state index contributed by atoms with van der Waals surface area (Å²) in [6, 6.07) is 47.7. The van der Waals surface area contributed by atoms with E-state index in [2.05, 4.69) is 4.74 Å². The number of esters is 5. The van der Waals surface area contributed by atoms with Crippen molar-refractivity contribution in [2.45, 2.75) is 88.7 Å². The fraction of sp³-hybridized carbons (Fsp3) is 0.281. The first kappa shape index (κ1) is 50.4. The van der Waals surface area contributed by atoms with Crippen LogP contribution in [-0.2, 0) is 63.2 Å². The van der Waals surface area contributed by atoms with Crippen molar-refractivity contribution in [3.05, 3.63) is 202 Å². The maximum Gasteiger partial charge on any atom is 0.346 e. The quantitative estimate of drug-likeness (QED) is 0.0381. The molecule has 0 unspecified atom stereocenters. The van der Waals surface area contributed by atoms with Gasteiger partial charge in [-0.2, -0.15) is 0 Å². The maximum absolute atomic E-state index is 13.3. The minimum absolute atomic E-state index is 0.0171. The van der Waals surface area contributed by atoms with Crippen LogP contribution in [0.3, 0.4) is 0 Å². The average molecular weight is 979 g/mol. The van der Waals surface area contributed by atoms with Crippen molar-refractivity contribution in [1.29, 1.82) is 0 Å². The SMILES string of the molecule is CCS[C@@H]1O[C@H](COC(=O)CCC(=O)Oc2ccc(C(C)(C)c3ccc(OC(=O)c4ccc5c(c4)C(=O)OC5=O)cc3)cc2)[C@@H](OCc2ccccc2)[C@H](OCc2ccccc2)[C@H]1OCc1ccccc1. The van der Waals surface area contributed by atoms with E-state index < -0.39 is 65.1 Å². The van der Waals surface area contributed by atoms with E-state index in [-0.39, 0.29) is 48.5 Å².